The summed E-state index contributed by atoms with van der Waals surface area (Å²) in [6.45, 7) is 5.60. The monoisotopic (exact) mass is 446 g/mol. The van der Waals surface area contributed by atoms with E-state index in [2.05, 4.69) is 21.5 Å². The Morgan fingerprint density at radius 2 is 1.84 bits per heavy atom. The Bertz CT molecular complexity index is 1220. The van der Waals surface area contributed by atoms with E-state index >= 15 is 0 Å². The highest BCUT2D eigenvalue weighted by molar-refractivity contribution is 7.07. The van der Waals surface area contributed by atoms with Crippen LogP contribution >= 0.6 is 11.5 Å². The van der Waals surface area contributed by atoms with E-state index in [1.54, 1.807) is 31.2 Å². The van der Waals surface area contributed by atoms with Crippen molar-refractivity contribution in [3.63, 3.8) is 0 Å². The maximum atomic E-state index is 12.5. The Kier molecular flexibility index (Phi) is 7.42. The lowest BCUT2D eigenvalue weighted by molar-refractivity contribution is -0.131. The molecule has 0 spiro atoms. The number of benzene rings is 2. The van der Waals surface area contributed by atoms with E-state index in [4.69, 9.17) is 9.84 Å². The first-order valence-electron chi connectivity index (χ1n) is 9.86. The number of aliphatic carboxylic acids is 1. The Hall–Kier alpha value is -3.89. The lowest BCUT2D eigenvalue weighted by Gasteiger charge is -2.16. The number of hydrogen-bond acceptors (Lipinski definition) is 5. The lowest BCUT2D eigenvalue weighted by Crippen LogP contribution is -2.17. The third kappa shape index (κ3) is 6.06. The molecular weight excluding hydrogens is 424 g/mol. The Morgan fingerprint density at radius 3 is 2.53 bits per heavy atom. The molecule has 0 saturated heterocycles. The predicted octanol–water partition coefficient (Wildman–Crippen LogP) is 5.57. The second kappa shape index (κ2) is 10.4. The van der Waals surface area contributed by atoms with Crippen LogP contribution in [-0.2, 0) is 9.53 Å². The molecule has 0 saturated carbocycles. The molecule has 2 N–H and O–H groups in total. The van der Waals surface area contributed by atoms with Crippen LogP contribution in [0, 0.1) is 25.7 Å². The highest BCUT2D eigenvalue weighted by Gasteiger charge is 2.17. The van der Waals surface area contributed by atoms with Crippen LogP contribution in [0.3, 0.4) is 0 Å². The molecule has 2 aromatic carbocycles. The first-order valence-corrected chi connectivity index (χ1v) is 10.6. The number of carbonyl (C=O) groups is 2. The Labute approximate surface area is 190 Å². The number of carboxylic acids is 1. The third-order valence-electron chi connectivity index (χ3n) is 4.65. The van der Waals surface area contributed by atoms with Gasteiger partial charge in [-0.15, -0.1) is 0 Å². The predicted molar refractivity (Wildman–Crippen MR) is 126 cm³/mol. The minimum Gasteiger partial charge on any atom is -0.478 e. The molecule has 0 aliphatic rings. The highest BCUT2D eigenvalue weighted by atomic mass is 32.1. The zero-order chi connectivity index (χ0) is 23.1. The first-order chi connectivity index (χ1) is 15.3. The molecule has 0 bridgehead atoms. The normalized spacial score (nSPS) is 11.5. The number of nitrogens with zero attached hydrogens (tertiary/aromatic N) is 1. The summed E-state index contributed by atoms with van der Waals surface area (Å²) in [5, 5.41) is 11.5. The molecule has 1 atom stereocenters. The topological polar surface area (TPSA) is 88.5 Å². The van der Waals surface area contributed by atoms with Crippen molar-refractivity contribution in [3.8, 4) is 11.8 Å². The van der Waals surface area contributed by atoms with Gasteiger partial charge in [0, 0.05) is 11.6 Å². The fraction of sp³-hybridized carbons (Fsp3) is 0.160. The van der Waals surface area contributed by atoms with Crippen molar-refractivity contribution in [2.24, 2.45) is 0 Å². The van der Waals surface area contributed by atoms with Crippen LogP contribution < -0.4 is 5.32 Å². The molecule has 0 aliphatic carbocycles. The summed E-state index contributed by atoms with van der Waals surface area (Å²) < 4.78 is 9.84. The number of carboxylic acid groups (broad SMARTS) is 1. The minimum atomic E-state index is -0.999. The summed E-state index contributed by atoms with van der Waals surface area (Å²) in [5.41, 5.74) is 4.71. The van der Waals surface area contributed by atoms with Gasteiger partial charge in [-0.2, -0.15) is 4.37 Å². The van der Waals surface area contributed by atoms with Gasteiger partial charge in [0.15, 0.2) is 0 Å². The van der Waals surface area contributed by atoms with Gasteiger partial charge < -0.3 is 9.84 Å². The lowest BCUT2D eigenvalue weighted by atomic mass is 10.1. The molecule has 1 heterocycles. The zero-order valence-corrected chi connectivity index (χ0v) is 18.7. The quantitative estimate of drug-likeness (QED) is 0.395. The van der Waals surface area contributed by atoms with Gasteiger partial charge in [-0.05, 0) is 73.1 Å². The van der Waals surface area contributed by atoms with Crippen molar-refractivity contribution in [1.29, 1.82) is 0 Å². The van der Waals surface area contributed by atoms with Crippen LogP contribution in [0.4, 0.5) is 10.5 Å². The average molecular weight is 447 g/mol. The summed E-state index contributed by atoms with van der Waals surface area (Å²) in [6.07, 6.45) is 1.63. The maximum Gasteiger partial charge on any atom is 0.412 e. The van der Waals surface area contributed by atoms with Gasteiger partial charge in [-0.3, -0.25) is 5.32 Å². The van der Waals surface area contributed by atoms with Crippen LogP contribution in [0.15, 0.2) is 54.6 Å². The zero-order valence-electron chi connectivity index (χ0n) is 17.9. The number of aryl methyl sites for hydroxylation is 2. The fourth-order valence-corrected chi connectivity index (χ4v) is 3.68. The maximum absolute atomic E-state index is 12.5. The summed E-state index contributed by atoms with van der Waals surface area (Å²) in [6, 6.07) is 14.9. The second-order valence-electron chi connectivity index (χ2n) is 7.04. The van der Waals surface area contributed by atoms with Crippen LogP contribution in [0.5, 0.6) is 0 Å². The smallest absolute Gasteiger partial charge is 0.412 e. The molecule has 32 heavy (non-hydrogen) atoms. The van der Waals surface area contributed by atoms with Gasteiger partial charge in [0.05, 0.1) is 11.4 Å². The standard InChI is InChI=1S/C25H22N2O4S/c1-16-6-4-5-7-21(16)18(3)31-25(30)26-24-17(2)27-32-22(24)14-12-19-8-10-20(11-9-19)13-15-23(28)29/h4-11,13,15,18H,1-3H3,(H,26,30)(H,28,29)/b15-13+. The Balaban J connectivity index is 1.70. The molecule has 1 amide bonds. The third-order valence-corrected chi connectivity index (χ3v) is 5.50. The van der Waals surface area contributed by atoms with Gasteiger partial charge in [-0.1, -0.05) is 42.3 Å². The van der Waals surface area contributed by atoms with Crippen molar-refractivity contribution < 1.29 is 19.4 Å². The van der Waals surface area contributed by atoms with Crippen molar-refractivity contribution >= 4 is 35.4 Å². The van der Waals surface area contributed by atoms with Gasteiger partial charge in [0.2, 0.25) is 0 Å². The summed E-state index contributed by atoms with van der Waals surface area (Å²) >= 11 is 1.20. The number of rotatable bonds is 5. The molecule has 0 radical (unpaired) electrons. The van der Waals surface area contributed by atoms with Crippen LogP contribution in [0.1, 0.15) is 45.9 Å². The summed E-state index contributed by atoms with van der Waals surface area (Å²) in [4.78, 5) is 23.7. The largest absolute Gasteiger partial charge is 0.478 e. The first kappa shape index (κ1) is 22.8. The molecule has 7 heteroatoms. The fourth-order valence-electron chi connectivity index (χ4n) is 2.97. The van der Waals surface area contributed by atoms with Crippen LogP contribution in [0.25, 0.3) is 6.08 Å². The van der Waals surface area contributed by atoms with E-state index in [0.29, 0.717) is 16.3 Å². The highest BCUT2D eigenvalue weighted by Crippen LogP contribution is 2.26. The van der Waals surface area contributed by atoms with Crippen molar-refractivity contribution in [2.45, 2.75) is 26.9 Å². The second-order valence-corrected chi connectivity index (χ2v) is 7.82. The molecular formula is C25H22N2O4S. The van der Waals surface area contributed by atoms with E-state index in [-0.39, 0.29) is 0 Å². The average Bonchev–Trinajstić information content (AvgIpc) is 3.10. The van der Waals surface area contributed by atoms with Crippen molar-refractivity contribution in [2.75, 3.05) is 5.32 Å². The van der Waals surface area contributed by atoms with Crippen molar-refractivity contribution in [3.05, 3.63) is 87.4 Å². The Morgan fingerprint density at radius 1 is 1.12 bits per heavy atom. The number of aromatic nitrogens is 1. The van der Waals surface area contributed by atoms with E-state index in [0.717, 1.165) is 28.3 Å². The molecule has 1 aromatic heterocycles. The number of anilines is 1. The molecule has 1 unspecified atom stereocenters. The number of ether oxygens (including phenoxy) is 1. The molecule has 6 nitrogen and oxygen atoms in total. The van der Waals surface area contributed by atoms with Crippen LogP contribution in [0.2, 0.25) is 0 Å². The molecule has 162 valence electrons. The number of amides is 1. The van der Waals surface area contributed by atoms with Gasteiger partial charge in [0.25, 0.3) is 0 Å². The number of nitrogens with one attached hydrogen (secondary N) is 1. The van der Waals surface area contributed by atoms with Gasteiger partial charge in [-0.25, -0.2) is 9.59 Å². The minimum absolute atomic E-state index is 0.397. The molecule has 0 fully saturated rings. The van der Waals surface area contributed by atoms with E-state index in [1.165, 1.54) is 17.6 Å². The van der Waals surface area contributed by atoms with Crippen LogP contribution in [-0.4, -0.2) is 21.5 Å². The van der Waals surface area contributed by atoms with Crippen molar-refractivity contribution in [1.82, 2.24) is 4.37 Å². The van der Waals surface area contributed by atoms with Gasteiger partial charge >= 0.3 is 12.1 Å². The molecule has 0 aliphatic heterocycles. The van der Waals surface area contributed by atoms with E-state index in [9.17, 15) is 9.59 Å². The summed E-state index contributed by atoms with van der Waals surface area (Å²) in [5.74, 6) is 5.09. The SMILES string of the molecule is Cc1ccccc1C(C)OC(=O)Nc1c(C)nsc1C#Cc1ccc(/C=C/C(=O)O)cc1. The number of carbonyl (C=O) groups excluding carboxylic acids is 1. The van der Waals surface area contributed by atoms with E-state index < -0.39 is 18.2 Å². The molecule has 3 rings (SSSR count). The van der Waals surface area contributed by atoms with Gasteiger partial charge in [0.1, 0.15) is 11.0 Å². The molecule has 3 aromatic rings. The summed E-state index contributed by atoms with van der Waals surface area (Å²) in [7, 11) is 0. The number of hydrogen-bond donors (Lipinski definition) is 2. The van der Waals surface area contributed by atoms with E-state index in [1.807, 2.05) is 38.1 Å².